The van der Waals surface area contributed by atoms with Crippen molar-refractivity contribution in [1.82, 2.24) is 4.98 Å². The lowest BCUT2D eigenvalue weighted by molar-refractivity contribution is 0.102. The van der Waals surface area contributed by atoms with E-state index < -0.39 is 0 Å². The molecule has 0 aliphatic carbocycles. The highest BCUT2D eigenvalue weighted by molar-refractivity contribution is 9.10. The van der Waals surface area contributed by atoms with E-state index in [1.165, 1.54) is 12.1 Å². The number of anilines is 3. The van der Waals surface area contributed by atoms with Gasteiger partial charge in [-0.05, 0) is 54.6 Å². The second kappa shape index (κ2) is 7.23. The molecule has 3 aromatic rings. The Kier molecular flexibility index (Phi) is 4.86. The van der Waals surface area contributed by atoms with E-state index in [4.69, 9.17) is 0 Å². The van der Waals surface area contributed by atoms with Crippen molar-refractivity contribution in [1.29, 1.82) is 0 Å². The molecule has 0 radical (unpaired) electrons. The van der Waals surface area contributed by atoms with E-state index in [0.29, 0.717) is 17.1 Å². The minimum atomic E-state index is -0.292. The molecule has 2 N–H and O–H groups in total. The van der Waals surface area contributed by atoms with Gasteiger partial charge in [0.25, 0.3) is 5.91 Å². The molecule has 4 nitrogen and oxygen atoms in total. The number of aromatic nitrogens is 1. The number of amides is 1. The Morgan fingerprint density at radius 3 is 2.42 bits per heavy atom. The maximum atomic E-state index is 12.9. The van der Waals surface area contributed by atoms with Crippen LogP contribution in [0.2, 0.25) is 0 Å². The van der Waals surface area contributed by atoms with Gasteiger partial charge >= 0.3 is 0 Å². The van der Waals surface area contributed by atoms with Crippen molar-refractivity contribution in [3.63, 3.8) is 0 Å². The van der Waals surface area contributed by atoms with Gasteiger partial charge in [0.05, 0.1) is 11.9 Å². The van der Waals surface area contributed by atoms with Crippen molar-refractivity contribution in [2.24, 2.45) is 0 Å². The van der Waals surface area contributed by atoms with Crippen molar-refractivity contribution < 1.29 is 9.18 Å². The van der Waals surface area contributed by atoms with Crippen molar-refractivity contribution >= 4 is 39.0 Å². The minimum Gasteiger partial charge on any atom is -0.340 e. The standard InChI is InChI=1S/C18H13BrFN3O/c19-13-3-1-2-12(10-13)18(24)23-16-8-9-17(21-11-16)22-15-6-4-14(20)5-7-15/h1-11H,(H,21,22)(H,23,24). The molecule has 0 aliphatic heterocycles. The lowest BCUT2D eigenvalue weighted by atomic mass is 10.2. The van der Waals surface area contributed by atoms with Gasteiger partial charge < -0.3 is 10.6 Å². The molecular formula is C18H13BrFN3O. The maximum Gasteiger partial charge on any atom is 0.255 e. The molecule has 24 heavy (non-hydrogen) atoms. The number of halogens is 2. The van der Waals surface area contributed by atoms with Gasteiger partial charge in [0.1, 0.15) is 11.6 Å². The van der Waals surface area contributed by atoms with E-state index in [9.17, 15) is 9.18 Å². The first-order chi connectivity index (χ1) is 11.6. The number of benzene rings is 2. The fourth-order valence-corrected chi connectivity index (χ4v) is 2.46. The summed E-state index contributed by atoms with van der Waals surface area (Å²) in [5, 5.41) is 5.84. The number of carbonyl (C=O) groups excluding carboxylic acids is 1. The molecule has 1 heterocycles. The molecular weight excluding hydrogens is 373 g/mol. The number of hydrogen-bond acceptors (Lipinski definition) is 3. The van der Waals surface area contributed by atoms with Crippen LogP contribution in [0.15, 0.2) is 71.3 Å². The third-order valence-corrected chi connectivity index (χ3v) is 3.72. The van der Waals surface area contributed by atoms with Gasteiger partial charge in [-0.25, -0.2) is 9.37 Å². The van der Waals surface area contributed by atoms with Crippen molar-refractivity contribution in [2.75, 3.05) is 10.6 Å². The molecule has 0 bridgehead atoms. The van der Waals surface area contributed by atoms with Gasteiger partial charge in [-0.15, -0.1) is 0 Å². The van der Waals surface area contributed by atoms with Crippen LogP contribution in [0, 0.1) is 5.82 Å². The largest absolute Gasteiger partial charge is 0.340 e. The SMILES string of the molecule is O=C(Nc1ccc(Nc2ccc(F)cc2)nc1)c1cccc(Br)c1. The molecule has 3 rings (SSSR count). The smallest absolute Gasteiger partial charge is 0.255 e. The summed E-state index contributed by atoms with van der Waals surface area (Å²) in [6.45, 7) is 0. The predicted molar refractivity (Wildman–Crippen MR) is 96.0 cm³/mol. The second-order valence-corrected chi connectivity index (χ2v) is 5.94. The molecule has 0 fully saturated rings. The summed E-state index contributed by atoms with van der Waals surface area (Å²) in [6, 6.07) is 16.6. The Labute approximate surface area is 146 Å². The molecule has 0 saturated heterocycles. The van der Waals surface area contributed by atoms with Gasteiger partial charge in [-0.2, -0.15) is 0 Å². The van der Waals surface area contributed by atoms with E-state index in [-0.39, 0.29) is 11.7 Å². The molecule has 1 amide bonds. The first-order valence-electron chi connectivity index (χ1n) is 7.16. The Bertz CT molecular complexity index is 851. The van der Waals surface area contributed by atoms with Gasteiger partial charge in [0.2, 0.25) is 0 Å². The van der Waals surface area contributed by atoms with Crippen LogP contribution in [-0.4, -0.2) is 10.9 Å². The molecule has 0 aliphatic rings. The summed E-state index contributed by atoms with van der Waals surface area (Å²) in [6.07, 6.45) is 1.56. The van der Waals surface area contributed by atoms with E-state index in [1.807, 2.05) is 6.07 Å². The van der Waals surface area contributed by atoms with Crippen LogP contribution in [0.1, 0.15) is 10.4 Å². The summed E-state index contributed by atoms with van der Waals surface area (Å²) < 4.78 is 13.7. The summed E-state index contributed by atoms with van der Waals surface area (Å²) in [7, 11) is 0. The van der Waals surface area contributed by atoms with Gasteiger partial charge in [-0.3, -0.25) is 4.79 Å². The van der Waals surface area contributed by atoms with Crippen LogP contribution in [0.25, 0.3) is 0 Å². The molecule has 6 heteroatoms. The third-order valence-electron chi connectivity index (χ3n) is 3.22. The zero-order valence-corrected chi connectivity index (χ0v) is 14.0. The zero-order valence-electron chi connectivity index (χ0n) is 12.5. The van der Waals surface area contributed by atoms with Crippen LogP contribution in [0.4, 0.5) is 21.6 Å². The average Bonchev–Trinajstić information content (AvgIpc) is 2.59. The van der Waals surface area contributed by atoms with E-state index in [0.717, 1.165) is 10.2 Å². The van der Waals surface area contributed by atoms with Crippen molar-refractivity contribution in [3.05, 3.63) is 82.7 Å². The number of nitrogens with zero attached hydrogens (tertiary/aromatic N) is 1. The van der Waals surface area contributed by atoms with Crippen LogP contribution in [0.3, 0.4) is 0 Å². The molecule has 0 saturated carbocycles. The molecule has 0 unspecified atom stereocenters. The Balaban J connectivity index is 1.66. The number of nitrogens with one attached hydrogen (secondary N) is 2. The summed E-state index contributed by atoms with van der Waals surface area (Å²) in [5.74, 6) is 0.0959. The summed E-state index contributed by atoms with van der Waals surface area (Å²) >= 11 is 3.34. The number of carbonyl (C=O) groups is 1. The molecule has 0 spiro atoms. The highest BCUT2D eigenvalue weighted by atomic mass is 79.9. The Hall–Kier alpha value is -2.73. The van der Waals surface area contributed by atoms with Crippen LogP contribution in [0.5, 0.6) is 0 Å². The first kappa shape index (κ1) is 16.1. The zero-order chi connectivity index (χ0) is 16.9. The lowest BCUT2D eigenvalue weighted by Crippen LogP contribution is -2.12. The van der Waals surface area contributed by atoms with Gasteiger partial charge in [0.15, 0.2) is 0 Å². The average molecular weight is 386 g/mol. The fourth-order valence-electron chi connectivity index (χ4n) is 2.06. The van der Waals surface area contributed by atoms with Gasteiger partial charge in [-0.1, -0.05) is 22.0 Å². The Morgan fingerprint density at radius 1 is 1.00 bits per heavy atom. The highest BCUT2D eigenvalue weighted by Crippen LogP contribution is 2.18. The topological polar surface area (TPSA) is 54.0 Å². The van der Waals surface area contributed by atoms with Crippen molar-refractivity contribution in [3.8, 4) is 0 Å². The lowest BCUT2D eigenvalue weighted by Gasteiger charge is -2.08. The predicted octanol–water partition coefficient (Wildman–Crippen LogP) is 4.98. The first-order valence-corrected chi connectivity index (χ1v) is 7.95. The highest BCUT2D eigenvalue weighted by Gasteiger charge is 2.06. The van der Waals surface area contributed by atoms with E-state index in [2.05, 4.69) is 31.5 Å². The second-order valence-electron chi connectivity index (χ2n) is 5.03. The maximum absolute atomic E-state index is 12.9. The third kappa shape index (κ3) is 4.17. The minimum absolute atomic E-state index is 0.211. The quantitative estimate of drug-likeness (QED) is 0.665. The molecule has 120 valence electrons. The van der Waals surface area contributed by atoms with Crippen LogP contribution in [-0.2, 0) is 0 Å². The monoisotopic (exact) mass is 385 g/mol. The van der Waals surface area contributed by atoms with Crippen LogP contribution < -0.4 is 10.6 Å². The molecule has 2 aromatic carbocycles. The fraction of sp³-hybridized carbons (Fsp3) is 0. The molecule has 0 atom stereocenters. The number of pyridine rings is 1. The van der Waals surface area contributed by atoms with Crippen LogP contribution >= 0.6 is 15.9 Å². The number of hydrogen-bond donors (Lipinski definition) is 2. The Morgan fingerprint density at radius 2 is 1.75 bits per heavy atom. The van der Waals surface area contributed by atoms with Gasteiger partial charge in [0, 0.05) is 15.7 Å². The summed E-state index contributed by atoms with van der Waals surface area (Å²) in [4.78, 5) is 16.4. The molecule has 1 aromatic heterocycles. The van der Waals surface area contributed by atoms with E-state index >= 15 is 0 Å². The normalized spacial score (nSPS) is 10.2. The summed E-state index contributed by atoms with van der Waals surface area (Å²) in [5.41, 5.74) is 1.87. The number of rotatable bonds is 4. The van der Waals surface area contributed by atoms with Crippen molar-refractivity contribution in [2.45, 2.75) is 0 Å². The van der Waals surface area contributed by atoms with E-state index in [1.54, 1.807) is 48.7 Å².